The van der Waals surface area contributed by atoms with E-state index < -0.39 is 0 Å². The minimum Gasteiger partial charge on any atom is -0.381 e. The lowest BCUT2D eigenvalue weighted by molar-refractivity contribution is -0.132. The van der Waals surface area contributed by atoms with E-state index in [4.69, 9.17) is 4.74 Å². The van der Waals surface area contributed by atoms with Crippen molar-refractivity contribution in [3.05, 3.63) is 0 Å². The molecule has 1 N–H and O–H groups in total. The van der Waals surface area contributed by atoms with E-state index in [1.54, 1.807) is 0 Å². The number of carbonyl (C=O) groups is 1. The molecular formula is C10H18N2O2. The Labute approximate surface area is 84.6 Å². The van der Waals surface area contributed by atoms with E-state index in [9.17, 15) is 4.79 Å². The number of likely N-dealkylation sites (tertiary alicyclic amines) is 1. The van der Waals surface area contributed by atoms with Crippen LogP contribution in [0.25, 0.3) is 0 Å². The van der Waals surface area contributed by atoms with Gasteiger partial charge in [-0.1, -0.05) is 0 Å². The maximum absolute atomic E-state index is 11.6. The number of piperidine rings is 1. The van der Waals surface area contributed by atoms with Crippen molar-refractivity contribution in [2.24, 2.45) is 11.8 Å². The second-order valence-electron chi connectivity index (χ2n) is 4.22. The molecule has 0 spiro atoms. The van der Waals surface area contributed by atoms with Crippen molar-refractivity contribution < 1.29 is 9.53 Å². The van der Waals surface area contributed by atoms with E-state index >= 15 is 0 Å². The van der Waals surface area contributed by atoms with Gasteiger partial charge in [-0.3, -0.25) is 4.79 Å². The molecule has 2 aliphatic rings. The van der Waals surface area contributed by atoms with Crippen molar-refractivity contribution in [1.29, 1.82) is 0 Å². The maximum Gasteiger partial charge on any atom is 0.236 e. The van der Waals surface area contributed by atoms with Gasteiger partial charge >= 0.3 is 0 Å². The zero-order valence-electron chi connectivity index (χ0n) is 8.66. The quantitative estimate of drug-likeness (QED) is 0.662. The zero-order valence-corrected chi connectivity index (χ0v) is 8.66. The second-order valence-corrected chi connectivity index (χ2v) is 4.22. The van der Waals surface area contributed by atoms with Gasteiger partial charge in [0.1, 0.15) is 0 Å². The average molecular weight is 198 g/mol. The smallest absolute Gasteiger partial charge is 0.236 e. The van der Waals surface area contributed by atoms with Gasteiger partial charge in [0.2, 0.25) is 5.91 Å². The van der Waals surface area contributed by atoms with Gasteiger partial charge in [0.15, 0.2) is 0 Å². The third-order valence-electron chi connectivity index (χ3n) is 3.24. The molecule has 1 amide bonds. The number of nitrogens with zero attached hydrogens (tertiary/aromatic N) is 1. The number of hydrogen-bond donors (Lipinski definition) is 1. The van der Waals surface area contributed by atoms with E-state index in [2.05, 4.69) is 5.32 Å². The minimum absolute atomic E-state index is 0.220. The Morgan fingerprint density at radius 2 is 2.29 bits per heavy atom. The van der Waals surface area contributed by atoms with E-state index in [1.165, 1.54) is 0 Å². The molecular weight excluding hydrogens is 180 g/mol. The molecule has 2 saturated heterocycles. The minimum atomic E-state index is 0.220. The summed E-state index contributed by atoms with van der Waals surface area (Å²) in [6, 6.07) is 0. The molecule has 0 bridgehead atoms. The highest BCUT2D eigenvalue weighted by Gasteiger charge is 2.34. The number of amides is 1. The predicted molar refractivity (Wildman–Crippen MR) is 52.9 cm³/mol. The molecule has 0 aromatic carbocycles. The van der Waals surface area contributed by atoms with Crippen molar-refractivity contribution in [1.82, 2.24) is 10.2 Å². The first kappa shape index (κ1) is 9.93. The summed E-state index contributed by atoms with van der Waals surface area (Å²) in [7, 11) is 1.81. The maximum atomic E-state index is 11.6. The van der Waals surface area contributed by atoms with Gasteiger partial charge in [-0.2, -0.15) is 0 Å². The summed E-state index contributed by atoms with van der Waals surface area (Å²) in [4.78, 5) is 13.6. The van der Waals surface area contributed by atoms with Gasteiger partial charge in [0.05, 0.1) is 13.2 Å². The average Bonchev–Trinajstić information content (AvgIpc) is 2.64. The highest BCUT2D eigenvalue weighted by Crippen LogP contribution is 2.28. The normalized spacial score (nSPS) is 31.6. The Morgan fingerprint density at radius 1 is 1.50 bits per heavy atom. The molecule has 2 heterocycles. The molecule has 2 aliphatic heterocycles. The molecule has 0 radical (unpaired) electrons. The third kappa shape index (κ3) is 1.91. The van der Waals surface area contributed by atoms with Crippen LogP contribution in [0.2, 0.25) is 0 Å². The first-order chi connectivity index (χ1) is 6.81. The van der Waals surface area contributed by atoms with Crippen LogP contribution in [0.1, 0.15) is 6.42 Å². The summed E-state index contributed by atoms with van der Waals surface area (Å²) >= 11 is 0. The fourth-order valence-electron chi connectivity index (χ4n) is 2.35. The van der Waals surface area contributed by atoms with Crippen LogP contribution in [0.15, 0.2) is 0 Å². The van der Waals surface area contributed by atoms with Crippen LogP contribution < -0.4 is 5.32 Å². The number of rotatable bonds is 2. The van der Waals surface area contributed by atoms with Crippen LogP contribution >= 0.6 is 0 Å². The molecule has 0 saturated carbocycles. The Hall–Kier alpha value is -0.610. The molecule has 2 atom stereocenters. The number of likely N-dealkylation sites (N-methyl/N-ethyl adjacent to an activating group) is 1. The summed E-state index contributed by atoms with van der Waals surface area (Å²) in [5.41, 5.74) is 0. The lowest BCUT2D eigenvalue weighted by Gasteiger charge is -2.33. The van der Waals surface area contributed by atoms with Crippen molar-refractivity contribution in [3.63, 3.8) is 0 Å². The lowest BCUT2D eigenvalue weighted by Crippen LogP contribution is -2.46. The molecule has 0 aromatic rings. The van der Waals surface area contributed by atoms with Crippen molar-refractivity contribution >= 4 is 5.91 Å². The zero-order chi connectivity index (χ0) is 9.97. The first-order valence-electron chi connectivity index (χ1n) is 5.31. The summed E-state index contributed by atoms with van der Waals surface area (Å²) < 4.78 is 5.43. The van der Waals surface area contributed by atoms with Crippen LogP contribution in [0.3, 0.4) is 0 Å². The Bertz CT molecular complexity index is 220. The second kappa shape index (κ2) is 4.28. The lowest BCUT2D eigenvalue weighted by atomic mass is 9.89. The van der Waals surface area contributed by atoms with E-state index in [0.29, 0.717) is 18.4 Å². The summed E-state index contributed by atoms with van der Waals surface area (Å²) in [5.74, 6) is 1.51. The standard InChI is InChI=1S/C10H18N2O2/c1-11-4-10(13)12-3-2-8-6-14-7-9(8)5-12/h8-9,11H,2-7H2,1H3/t8-,9-/m0/s1. The molecule has 2 fully saturated rings. The van der Waals surface area contributed by atoms with Crippen LogP contribution in [-0.2, 0) is 9.53 Å². The van der Waals surface area contributed by atoms with Gasteiger partial charge < -0.3 is 15.0 Å². The van der Waals surface area contributed by atoms with Gasteiger partial charge in [-0.15, -0.1) is 0 Å². The van der Waals surface area contributed by atoms with Crippen LogP contribution in [0, 0.1) is 11.8 Å². The van der Waals surface area contributed by atoms with Gasteiger partial charge in [0, 0.05) is 25.6 Å². The highest BCUT2D eigenvalue weighted by molar-refractivity contribution is 5.78. The molecule has 0 aliphatic carbocycles. The Kier molecular flexibility index (Phi) is 3.03. The monoisotopic (exact) mass is 198 g/mol. The van der Waals surface area contributed by atoms with Crippen molar-refractivity contribution in [3.8, 4) is 0 Å². The first-order valence-corrected chi connectivity index (χ1v) is 5.31. The number of hydrogen-bond acceptors (Lipinski definition) is 3. The SMILES string of the molecule is CNCC(=O)N1CC[C@H]2COC[C@@H]2C1. The van der Waals surface area contributed by atoms with Gasteiger partial charge in [-0.05, 0) is 19.4 Å². The molecule has 4 nitrogen and oxygen atoms in total. The highest BCUT2D eigenvalue weighted by atomic mass is 16.5. The van der Waals surface area contributed by atoms with Crippen LogP contribution in [0.4, 0.5) is 0 Å². The predicted octanol–water partition coefficient (Wildman–Crippen LogP) is -0.299. The number of fused-ring (bicyclic) bond motifs is 1. The molecule has 4 heteroatoms. The summed E-state index contributed by atoms with van der Waals surface area (Å²) in [5, 5.41) is 2.90. The number of ether oxygens (including phenoxy) is 1. The topological polar surface area (TPSA) is 41.6 Å². The van der Waals surface area contributed by atoms with E-state index in [1.807, 2.05) is 11.9 Å². The third-order valence-corrected chi connectivity index (χ3v) is 3.24. The number of nitrogens with one attached hydrogen (secondary N) is 1. The van der Waals surface area contributed by atoms with Crippen molar-refractivity contribution in [2.75, 3.05) is 39.9 Å². The Morgan fingerprint density at radius 3 is 3.07 bits per heavy atom. The van der Waals surface area contributed by atoms with E-state index in [-0.39, 0.29) is 5.91 Å². The number of carbonyl (C=O) groups excluding carboxylic acids is 1. The van der Waals surface area contributed by atoms with Crippen LogP contribution in [0.5, 0.6) is 0 Å². The van der Waals surface area contributed by atoms with Gasteiger partial charge in [-0.25, -0.2) is 0 Å². The molecule has 0 unspecified atom stereocenters. The van der Waals surface area contributed by atoms with Gasteiger partial charge in [0.25, 0.3) is 0 Å². The molecule has 14 heavy (non-hydrogen) atoms. The molecule has 80 valence electrons. The summed E-state index contributed by atoms with van der Waals surface area (Å²) in [6.45, 7) is 4.00. The fourth-order valence-corrected chi connectivity index (χ4v) is 2.35. The fraction of sp³-hybridized carbons (Fsp3) is 0.900. The van der Waals surface area contributed by atoms with Crippen molar-refractivity contribution in [2.45, 2.75) is 6.42 Å². The van der Waals surface area contributed by atoms with Crippen LogP contribution in [-0.4, -0.2) is 50.7 Å². The molecule has 2 rings (SSSR count). The Balaban J connectivity index is 1.87. The molecule has 0 aromatic heterocycles. The van der Waals surface area contributed by atoms with E-state index in [0.717, 1.165) is 32.7 Å². The largest absolute Gasteiger partial charge is 0.381 e. The summed E-state index contributed by atoms with van der Waals surface area (Å²) in [6.07, 6.45) is 1.11.